The van der Waals surface area contributed by atoms with E-state index < -0.39 is 15.8 Å². The molecule has 6 nitrogen and oxygen atoms in total. The quantitative estimate of drug-likeness (QED) is 0.704. The zero-order chi connectivity index (χ0) is 19.4. The molecule has 1 N–H and O–H groups in total. The van der Waals surface area contributed by atoms with Crippen LogP contribution in [0, 0.1) is 12.7 Å². The van der Waals surface area contributed by atoms with Crippen molar-refractivity contribution in [1.29, 1.82) is 0 Å². The van der Waals surface area contributed by atoms with E-state index in [1.807, 2.05) is 30.3 Å². The predicted octanol–water partition coefficient (Wildman–Crippen LogP) is 2.34. The number of sulfonamides is 1. The molecule has 0 saturated carbocycles. The van der Waals surface area contributed by atoms with Crippen LogP contribution in [-0.4, -0.2) is 24.5 Å². The zero-order valence-corrected chi connectivity index (χ0v) is 15.4. The molecule has 1 heterocycles. The Balaban J connectivity index is 1.68. The Hall–Kier alpha value is -2.84. The van der Waals surface area contributed by atoms with E-state index in [0.717, 1.165) is 11.6 Å². The molecule has 0 fully saturated rings. The molecular formula is C19H18FN3O3S. The predicted molar refractivity (Wildman–Crippen MR) is 100 cm³/mol. The monoisotopic (exact) mass is 387 g/mol. The van der Waals surface area contributed by atoms with Gasteiger partial charge in [-0.05, 0) is 30.7 Å². The SMILES string of the molecule is Cc1cc(S(=O)(=O)NCCn2cnc(-c3ccccc3)cc2=O)ccc1F. The van der Waals surface area contributed by atoms with Gasteiger partial charge < -0.3 is 0 Å². The second-order valence-electron chi connectivity index (χ2n) is 5.98. The van der Waals surface area contributed by atoms with Gasteiger partial charge in [-0.1, -0.05) is 30.3 Å². The van der Waals surface area contributed by atoms with E-state index in [9.17, 15) is 17.6 Å². The Morgan fingerprint density at radius 2 is 1.85 bits per heavy atom. The summed E-state index contributed by atoms with van der Waals surface area (Å²) in [4.78, 5) is 16.5. The van der Waals surface area contributed by atoms with Crippen LogP contribution in [0.2, 0.25) is 0 Å². The first kappa shape index (κ1) is 18.9. The van der Waals surface area contributed by atoms with Gasteiger partial charge >= 0.3 is 0 Å². The summed E-state index contributed by atoms with van der Waals surface area (Å²) in [6.07, 6.45) is 1.39. The van der Waals surface area contributed by atoms with Crippen LogP contribution in [0.15, 0.2) is 70.6 Å². The largest absolute Gasteiger partial charge is 0.298 e. The fourth-order valence-electron chi connectivity index (χ4n) is 2.53. The summed E-state index contributed by atoms with van der Waals surface area (Å²) >= 11 is 0. The van der Waals surface area contributed by atoms with Gasteiger partial charge in [0.1, 0.15) is 5.82 Å². The van der Waals surface area contributed by atoms with Crippen LogP contribution in [0.3, 0.4) is 0 Å². The molecule has 3 rings (SSSR count). The molecule has 2 aromatic carbocycles. The molecule has 8 heteroatoms. The minimum atomic E-state index is -3.79. The van der Waals surface area contributed by atoms with Gasteiger partial charge in [-0.3, -0.25) is 9.36 Å². The Morgan fingerprint density at radius 1 is 1.11 bits per heavy atom. The summed E-state index contributed by atoms with van der Waals surface area (Å²) in [5, 5.41) is 0. The minimum absolute atomic E-state index is 0.00499. The van der Waals surface area contributed by atoms with Crippen molar-refractivity contribution in [3.05, 3.63) is 82.7 Å². The third kappa shape index (κ3) is 4.47. The van der Waals surface area contributed by atoms with E-state index >= 15 is 0 Å². The smallest absolute Gasteiger partial charge is 0.253 e. The highest BCUT2D eigenvalue weighted by atomic mass is 32.2. The second kappa shape index (κ2) is 7.81. The molecule has 0 atom stereocenters. The van der Waals surface area contributed by atoms with Crippen LogP contribution in [0.1, 0.15) is 5.56 Å². The maximum atomic E-state index is 13.3. The molecule has 0 amide bonds. The average Bonchev–Trinajstić information content (AvgIpc) is 2.66. The molecule has 0 unspecified atom stereocenters. The Bertz CT molecular complexity index is 1110. The Labute approximate surface area is 156 Å². The first-order chi connectivity index (χ1) is 12.9. The van der Waals surface area contributed by atoms with Crippen molar-refractivity contribution < 1.29 is 12.8 Å². The number of hydrogen-bond donors (Lipinski definition) is 1. The molecule has 0 saturated heterocycles. The first-order valence-electron chi connectivity index (χ1n) is 8.24. The maximum Gasteiger partial charge on any atom is 0.253 e. The van der Waals surface area contributed by atoms with Crippen LogP contribution < -0.4 is 10.3 Å². The minimum Gasteiger partial charge on any atom is -0.298 e. The van der Waals surface area contributed by atoms with Crippen molar-refractivity contribution in [3.8, 4) is 11.3 Å². The van der Waals surface area contributed by atoms with E-state index in [4.69, 9.17) is 0 Å². The summed E-state index contributed by atoms with van der Waals surface area (Å²) in [7, 11) is -3.79. The normalized spacial score (nSPS) is 11.5. The number of halogens is 1. The summed E-state index contributed by atoms with van der Waals surface area (Å²) < 4.78 is 41.6. The molecule has 1 aromatic heterocycles. The number of hydrogen-bond acceptors (Lipinski definition) is 4. The lowest BCUT2D eigenvalue weighted by molar-refractivity contribution is 0.568. The van der Waals surface area contributed by atoms with Gasteiger partial charge in [0.2, 0.25) is 10.0 Å². The van der Waals surface area contributed by atoms with Crippen molar-refractivity contribution in [2.24, 2.45) is 0 Å². The van der Waals surface area contributed by atoms with Crippen LogP contribution in [0.25, 0.3) is 11.3 Å². The van der Waals surface area contributed by atoms with Crippen molar-refractivity contribution in [1.82, 2.24) is 14.3 Å². The zero-order valence-electron chi connectivity index (χ0n) is 14.6. The Morgan fingerprint density at radius 3 is 2.52 bits per heavy atom. The van der Waals surface area contributed by atoms with Crippen molar-refractivity contribution in [2.45, 2.75) is 18.4 Å². The standard InChI is InChI=1S/C19H18FN3O3S/c1-14-11-16(7-8-17(14)20)27(25,26)22-9-10-23-13-21-18(12-19(23)24)15-5-3-2-4-6-15/h2-8,11-13,22H,9-10H2,1H3. The molecule has 0 spiro atoms. The second-order valence-corrected chi connectivity index (χ2v) is 7.75. The van der Waals surface area contributed by atoms with Crippen molar-refractivity contribution in [3.63, 3.8) is 0 Å². The van der Waals surface area contributed by atoms with E-state index in [-0.39, 0.29) is 29.1 Å². The topological polar surface area (TPSA) is 81.1 Å². The summed E-state index contributed by atoms with van der Waals surface area (Å²) in [6, 6.07) is 14.3. The summed E-state index contributed by atoms with van der Waals surface area (Å²) in [5.41, 5.74) is 1.35. The van der Waals surface area contributed by atoms with E-state index in [2.05, 4.69) is 9.71 Å². The lowest BCUT2D eigenvalue weighted by Gasteiger charge is -2.09. The van der Waals surface area contributed by atoms with E-state index in [1.165, 1.54) is 36.0 Å². The molecular weight excluding hydrogens is 369 g/mol. The number of benzene rings is 2. The van der Waals surface area contributed by atoms with Gasteiger partial charge in [-0.25, -0.2) is 22.5 Å². The number of aromatic nitrogens is 2. The van der Waals surface area contributed by atoms with Crippen molar-refractivity contribution >= 4 is 10.0 Å². The average molecular weight is 387 g/mol. The van der Waals surface area contributed by atoms with E-state index in [1.54, 1.807) is 0 Å². The fraction of sp³-hybridized carbons (Fsp3) is 0.158. The molecule has 0 bridgehead atoms. The molecule has 0 aliphatic carbocycles. The maximum absolute atomic E-state index is 13.3. The summed E-state index contributed by atoms with van der Waals surface area (Å²) in [6.45, 7) is 1.62. The van der Waals surface area contributed by atoms with Crippen molar-refractivity contribution in [2.75, 3.05) is 6.54 Å². The molecule has 0 radical (unpaired) electrons. The number of aryl methyl sites for hydroxylation is 1. The number of nitrogens with zero attached hydrogens (tertiary/aromatic N) is 2. The van der Waals surface area contributed by atoms with Gasteiger partial charge in [-0.15, -0.1) is 0 Å². The lowest BCUT2D eigenvalue weighted by atomic mass is 10.1. The van der Waals surface area contributed by atoms with Gasteiger partial charge in [-0.2, -0.15) is 0 Å². The van der Waals surface area contributed by atoms with Crippen LogP contribution in [0.4, 0.5) is 4.39 Å². The number of nitrogens with one attached hydrogen (secondary N) is 1. The lowest BCUT2D eigenvalue weighted by Crippen LogP contribution is -2.31. The molecule has 0 aliphatic rings. The molecule has 140 valence electrons. The first-order valence-corrected chi connectivity index (χ1v) is 9.73. The number of rotatable bonds is 6. The third-order valence-electron chi connectivity index (χ3n) is 4.03. The van der Waals surface area contributed by atoms with Crippen LogP contribution in [0.5, 0.6) is 0 Å². The van der Waals surface area contributed by atoms with Gasteiger partial charge in [0.05, 0.1) is 16.9 Å². The Kier molecular flexibility index (Phi) is 5.48. The highest BCUT2D eigenvalue weighted by Crippen LogP contribution is 2.14. The van der Waals surface area contributed by atoms with E-state index in [0.29, 0.717) is 5.69 Å². The van der Waals surface area contributed by atoms with Crippen LogP contribution >= 0.6 is 0 Å². The van der Waals surface area contributed by atoms with Gasteiger partial charge in [0.25, 0.3) is 5.56 Å². The van der Waals surface area contributed by atoms with Gasteiger partial charge in [0, 0.05) is 24.7 Å². The van der Waals surface area contributed by atoms with Crippen LogP contribution in [-0.2, 0) is 16.6 Å². The third-order valence-corrected chi connectivity index (χ3v) is 5.49. The highest BCUT2D eigenvalue weighted by Gasteiger charge is 2.15. The highest BCUT2D eigenvalue weighted by molar-refractivity contribution is 7.89. The fourth-order valence-corrected chi connectivity index (χ4v) is 3.63. The molecule has 3 aromatic rings. The summed E-state index contributed by atoms with van der Waals surface area (Å²) in [5.74, 6) is -0.468. The molecule has 0 aliphatic heterocycles. The van der Waals surface area contributed by atoms with Gasteiger partial charge in [0.15, 0.2) is 0 Å². The molecule has 27 heavy (non-hydrogen) atoms.